The van der Waals surface area contributed by atoms with Crippen LogP contribution in [0.2, 0.25) is 0 Å². The summed E-state index contributed by atoms with van der Waals surface area (Å²) in [6, 6.07) is 15.8. The highest BCUT2D eigenvalue weighted by atomic mass is 16.3. The second kappa shape index (κ2) is 6.91. The maximum atomic E-state index is 6.68. The van der Waals surface area contributed by atoms with E-state index in [9.17, 15) is 0 Å². The van der Waals surface area contributed by atoms with Crippen LogP contribution in [0.5, 0.6) is 0 Å². The van der Waals surface area contributed by atoms with E-state index in [0.29, 0.717) is 0 Å². The Balaban J connectivity index is 1.71. The van der Waals surface area contributed by atoms with Crippen LogP contribution in [0.4, 0.5) is 0 Å². The number of hydrogen-bond acceptors (Lipinski definition) is 2. The van der Waals surface area contributed by atoms with Gasteiger partial charge in [-0.3, -0.25) is 0 Å². The van der Waals surface area contributed by atoms with E-state index in [2.05, 4.69) is 81.8 Å². The Morgan fingerprint density at radius 3 is 2.41 bits per heavy atom. The SMILES string of the molecule is Cc1cc[n+](C)c(-c2c(C)ccc3c2oc2cc4c5c(ccc4cc23)C(C)(C)CCC5(C)C)n1. The van der Waals surface area contributed by atoms with E-state index in [1.54, 1.807) is 0 Å². The van der Waals surface area contributed by atoms with Gasteiger partial charge in [-0.25, -0.2) is 4.57 Å². The molecule has 1 aliphatic carbocycles. The average molecular weight is 450 g/mol. The molecular weight excluding hydrogens is 416 g/mol. The number of fused-ring (bicyclic) bond motifs is 6. The number of aryl methyl sites for hydroxylation is 3. The molecule has 0 spiro atoms. The van der Waals surface area contributed by atoms with E-state index in [0.717, 1.165) is 33.6 Å². The average Bonchev–Trinajstić information content (AvgIpc) is 3.14. The van der Waals surface area contributed by atoms with Gasteiger partial charge in [-0.05, 0) is 75.2 Å². The van der Waals surface area contributed by atoms with Gasteiger partial charge in [0.15, 0.2) is 11.3 Å². The fraction of sp³-hybridized carbons (Fsp3) is 0.355. The van der Waals surface area contributed by atoms with E-state index in [-0.39, 0.29) is 10.8 Å². The molecule has 0 N–H and O–H groups in total. The Hall–Kier alpha value is -3.20. The number of furan rings is 1. The highest BCUT2D eigenvalue weighted by Gasteiger charge is 2.38. The first-order valence-electron chi connectivity index (χ1n) is 12.3. The number of hydrogen-bond donors (Lipinski definition) is 0. The van der Waals surface area contributed by atoms with Gasteiger partial charge in [-0.1, -0.05) is 52.0 Å². The van der Waals surface area contributed by atoms with E-state index in [1.807, 2.05) is 20.0 Å². The molecule has 0 saturated carbocycles. The first-order chi connectivity index (χ1) is 16.1. The molecule has 2 heterocycles. The Kier molecular flexibility index (Phi) is 4.34. The monoisotopic (exact) mass is 449 g/mol. The second-order valence-electron chi connectivity index (χ2n) is 11.6. The lowest BCUT2D eigenvalue weighted by Gasteiger charge is -2.42. The zero-order valence-electron chi connectivity index (χ0n) is 21.3. The molecule has 172 valence electrons. The number of benzene rings is 3. The molecule has 3 nitrogen and oxygen atoms in total. The van der Waals surface area contributed by atoms with Crippen molar-refractivity contribution in [2.75, 3.05) is 0 Å². The smallest absolute Gasteiger partial charge is 0.334 e. The molecule has 0 amide bonds. The summed E-state index contributed by atoms with van der Waals surface area (Å²) >= 11 is 0. The van der Waals surface area contributed by atoms with Crippen LogP contribution in [0, 0.1) is 13.8 Å². The fourth-order valence-electron chi connectivity index (χ4n) is 6.02. The first-order valence-corrected chi connectivity index (χ1v) is 12.3. The van der Waals surface area contributed by atoms with Gasteiger partial charge in [0.1, 0.15) is 11.1 Å². The van der Waals surface area contributed by atoms with Crippen LogP contribution in [-0.2, 0) is 17.9 Å². The van der Waals surface area contributed by atoms with Crippen molar-refractivity contribution in [1.82, 2.24) is 4.98 Å². The van der Waals surface area contributed by atoms with Gasteiger partial charge in [0.2, 0.25) is 0 Å². The lowest BCUT2D eigenvalue weighted by molar-refractivity contribution is -0.663. The molecule has 3 heteroatoms. The minimum atomic E-state index is 0.144. The first kappa shape index (κ1) is 21.3. The number of nitrogens with zero attached hydrogens (tertiary/aromatic N) is 2. The van der Waals surface area contributed by atoms with Crippen LogP contribution in [0.25, 0.3) is 44.1 Å². The number of rotatable bonds is 1. The lowest BCUT2D eigenvalue weighted by atomic mass is 9.62. The van der Waals surface area contributed by atoms with E-state index in [1.165, 1.54) is 45.7 Å². The molecule has 0 saturated heterocycles. The summed E-state index contributed by atoms with van der Waals surface area (Å²) in [5.74, 6) is 0.937. The molecule has 0 atom stereocenters. The number of aromatic nitrogens is 2. The molecule has 2 aromatic heterocycles. The molecule has 34 heavy (non-hydrogen) atoms. The minimum Gasteiger partial charge on any atom is -0.455 e. The second-order valence-corrected chi connectivity index (χ2v) is 11.6. The van der Waals surface area contributed by atoms with Crippen molar-refractivity contribution in [2.45, 2.75) is 65.2 Å². The van der Waals surface area contributed by atoms with Crippen molar-refractivity contribution in [2.24, 2.45) is 7.05 Å². The predicted molar refractivity (Wildman–Crippen MR) is 140 cm³/mol. The van der Waals surface area contributed by atoms with Crippen LogP contribution in [0.3, 0.4) is 0 Å². The van der Waals surface area contributed by atoms with Gasteiger partial charge in [-0.2, -0.15) is 0 Å². The predicted octanol–water partition coefficient (Wildman–Crippen LogP) is 7.59. The van der Waals surface area contributed by atoms with Crippen molar-refractivity contribution in [3.05, 3.63) is 71.0 Å². The highest BCUT2D eigenvalue weighted by Crippen LogP contribution is 2.49. The van der Waals surface area contributed by atoms with Gasteiger partial charge >= 0.3 is 5.82 Å². The summed E-state index contributed by atoms with van der Waals surface area (Å²) < 4.78 is 8.76. The van der Waals surface area contributed by atoms with Crippen LogP contribution in [0.1, 0.15) is 62.9 Å². The van der Waals surface area contributed by atoms with Crippen LogP contribution in [0.15, 0.2) is 53.1 Å². The third kappa shape index (κ3) is 2.95. The van der Waals surface area contributed by atoms with Gasteiger partial charge in [0, 0.05) is 23.8 Å². The normalized spacial score (nSPS) is 16.9. The Labute approximate surface area is 201 Å². The Morgan fingerprint density at radius 1 is 0.853 bits per heavy atom. The maximum absolute atomic E-state index is 6.68. The summed E-state index contributed by atoms with van der Waals surface area (Å²) in [6.45, 7) is 13.7. The molecule has 6 rings (SSSR count). The van der Waals surface area contributed by atoms with Gasteiger partial charge in [0.25, 0.3) is 0 Å². The molecule has 0 radical (unpaired) electrons. The summed E-state index contributed by atoms with van der Waals surface area (Å²) in [4.78, 5) is 4.87. The lowest BCUT2D eigenvalue weighted by Crippen LogP contribution is -2.34. The van der Waals surface area contributed by atoms with Crippen LogP contribution >= 0.6 is 0 Å². The minimum absolute atomic E-state index is 0.144. The standard InChI is InChI=1S/C31H33N2O/c1-18-8-10-21-23-16-20-9-11-24-27(31(5,6)14-13-30(24,3)4)22(20)17-25(23)34-28(21)26(18)29-32-19(2)12-15-33(29)7/h8-12,15-17H,13-14H2,1-7H3/q+1. The Morgan fingerprint density at radius 2 is 1.62 bits per heavy atom. The summed E-state index contributed by atoms with van der Waals surface area (Å²) in [7, 11) is 2.05. The van der Waals surface area contributed by atoms with Crippen molar-refractivity contribution in [3.8, 4) is 11.4 Å². The molecular formula is C31H33N2O+. The third-order valence-corrected chi connectivity index (χ3v) is 8.15. The Bertz CT molecular complexity index is 1640. The van der Waals surface area contributed by atoms with Crippen molar-refractivity contribution >= 4 is 32.7 Å². The van der Waals surface area contributed by atoms with Crippen molar-refractivity contribution in [1.29, 1.82) is 0 Å². The van der Waals surface area contributed by atoms with Gasteiger partial charge < -0.3 is 4.42 Å². The van der Waals surface area contributed by atoms with Gasteiger partial charge in [-0.15, -0.1) is 0 Å². The molecule has 5 aromatic rings. The molecule has 0 fully saturated rings. The van der Waals surface area contributed by atoms with Crippen molar-refractivity contribution in [3.63, 3.8) is 0 Å². The quantitative estimate of drug-likeness (QED) is 0.247. The largest absolute Gasteiger partial charge is 0.455 e. The summed E-state index contributed by atoms with van der Waals surface area (Å²) in [5.41, 5.74) is 8.44. The van der Waals surface area contributed by atoms with Crippen LogP contribution < -0.4 is 4.57 Å². The maximum Gasteiger partial charge on any atom is 0.334 e. The molecule has 0 aliphatic heterocycles. The van der Waals surface area contributed by atoms with E-state index >= 15 is 0 Å². The van der Waals surface area contributed by atoms with Crippen molar-refractivity contribution < 1.29 is 8.98 Å². The van der Waals surface area contributed by atoms with E-state index < -0.39 is 0 Å². The zero-order valence-corrected chi connectivity index (χ0v) is 21.3. The summed E-state index contributed by atoms with van der Waals surface area (Å²) in [5, 5.41) is 4.95. The highest BCUT2D eigenvalue weighted by molar-refractivity contribution is 6.13. The third-order valence-electron chi connectivity index (χ3n) is 8.15. The zero-order chi connectivity index (χ0) is 24.0. The molecule has 0 unspecified atom stereocenters. The van der Waals surface area contributed by atoms with E-state index in [4.69, 9.17) is 9.40 Å². The fourth-order valence-corrected chi connectivity index (χ4v) is 6.02. The van der Waals surface area contributed by atoms with Gasteiger partial charge in [0.05, 0.1) is 13.2 Å². The van der Waals surface area contributed by atoms with Crippen LogP contribution in [-0.4, -0.2) is 4.98 Å². The topological polar surface area (TPSA) is 29.9 Å². The molecule has 1 aliphatic rings. The molecule has 0 bridgehead atoms. The molecule has 3 aromatic carbocycles. The summed E-state index contributed by atoms with van der Waals surface area (Å²) in [6.07, 6.45) is 4.49.